The van der Waals surface area contributed by atoms with Crippen molar-refractivity contribution in [1.29, 1.82) is 0 Å². The van der Waals surface area contributed by atoms with E-state index in [0.29, 0.717) is 9.66 Å². The van der Waals surface area contributed by atoms with Gasteiger partial charge in [0.1, 0.15) is 4.64 Å². The molecule has 0 radical (unpaired) electrons. The highest BCUT2D eigenvalue weighted by Gasteiger charge is 2.01. The van der Waals surface area contributed by atoms with Crippen LogP contribution < -0.4 is 15.9 Å². The molecule has 3 nitrogen and oxygen atoms in total. The molecule has 0 aliphatic rings. The lowest BCUT2D eigenvalue weighted by atomic mass is 10.3. The van der Waals surface area contributed by atoms with Gasteiger partial charge >= 0.3 is 0 Å². The average Bonchev–Trinajstić information content (AvgIpc) is 2.82. The number of benzene rings is 2. The predicted octanol–water partition coefficient (Wildman–Crippen LogP) is 3.45. The van der Waals surface area contributed by atoms with Crippen LogP contribution in [0, 0.1) is 4.64 Å². The molecule has 0 unspecified atom stereocenters. The van der Waals surface area contributed by atoms with Crippen LogP contribution in [0.1, 0.15) is 0 Å². The summed E-state index contributed by atoms with van der Waals surface area (Å²) in [4.78, 5) is 0. The van der Waals surface area contributed by atoms with Gasteiger partial charge in [0.05, 0.1) is 27.0 Å². The largest absolute Gasteiger partial charge is 0.360 e. The van der Waals surface area contributed by atoms with Crippen molar-refractivity contribution in [3.05, 3.63) is 74.8 Å². The van der Waals surface area contributed by atoms with Crippen LogP contribution in [0.15, 0.2) is 54.6 Å². The number of H-pyrrole nitrogens is 1. The maximum atomic E-state index is 6.13. The van der Waals surface area contributed by atoms with Crippen molar-refractivity contribution in [2.75, 3.05) is 5.32 Å². The number of aromatic amines is 1. The fraction of sp³-hybridized carbons (Fsp3) is 0. The molecular weight excluding hydrogens is 314 g/mol. The zero-order valence-electron chi connectivity index (χ0n) is 11.7. The Morgan fingerprint density at radius 3 is 2.50 bits per heavy atom. The van der Waals surface area contributed by atoms with Gasteiger partial charge in [0, 0.05) is 6.20 Å². The molecule has 1 aromatic heterocycles. The van der Waals surface area contributed by atoms with Gasteiger partial charge in [-0.3, -0.25) is 5.10 Å². The van der Waals surface area contributed by atoms with Gasteiger partial charge in [-0.15, -0.1) is 0 Å². The number of nitrogens with one attached hydrogen (secondary N) is 2. The number of para-hydroxylation sites is 2. The van der Waals surface area contributed by atoms with Crippen LogP contribution in [0.4, 0.5) is 5.69 Å². The van der Waals surface area contributed by atoms with Gasteiger partial charge < -0.3 is 5.32 Å². The second kappa shape index (κ2) is 6.22. The lowest BCUT2D eigenvalue weighted by molar-refractivity contribution is 0.857. The molecule has 0 saturated heterocycles. The topological polar surface area (TPSA) is 32.8 Å². The van der Waals surface area contributed by atoms with E-state index in [0.717, 1.165) is 21.9 Å². The van der Waals surface area contributed by atoms with E-state index in [1.165, 1.54) is 0 Å². The standard InChI is InChI=1S/C17H14ClN3S/c1-12-14(11-19-16-10-6-5-9-15(16)18)17(22)21(20-12)13-7-3-2-4-8-13/h2-11,19-20H,1H2. The van der Waals surface area contributed by atoms with Gasteiger partial charge in [-0.05, 0) is 24.3 Å². The lowest BCUT2D eigenvalue weighted by Gasteiger charge is -2.02. The lowest BCUT2D eigenvalue weighted by Crippen LogP contribution is -2.22. The number of nitrogens with zero attached hydrogens (tertiary/aromatic N) is 1. The van der Waals surface area contributed by atoms with E-state index >= 15 is 0 Å². The van der Waals surface area contributed by atoms with Gasteiger partial charge in [-0.2, -0.15) is 0 Å². The Labute approximate surface area is 138 Å². The Hall–Kier alpha value is -2.30. The summed E-state index contributed by atoms with van der Waals surface area (Å²) in [7, 11) is 0. The summed E-state index contributed by atoms with van der Waals surface area (Å²) in [6.45, 7) is 4.01. The smallest absolute Gasteiger partial charge is 0.136 e. The summed E-state index contributed by atoms with van der Waals surface area (Å²) < 4.78 is 2.49. The summed E-state index contributed by atoms with van der Waals surface area (Å²) >= 11 is 11.7. The molecule has 0 aliphatic carbocycles. The third-order valence-electron chi connectivity index (χ3n) is 3.27. The molecule has 3 aromatic rings. The Morgan fingerprint density at radius 2 is 1.77 bits per heavy atom. The van der Waals surface area contributed by atoms with Crippen LogP contribution in [0.2, 0.25) is 5.02 Å². The molecule has 0 atom stereocenters. The van der Waals surface area contributed by atoms with E-state index in [4.69, 9.17) is 23.8 Å². The van der Waals surface area contributed by atoms with Gasteiger partial charge in [-0.25, -0.2) is 4.68 Å². The van der Waals surface area contributed by atoms with Crippen molar-refractivity contribution in [1.82, 2.24) is 9.78 Å². The van der Waals surface area contributed by atoms with Crippen LogP contribution in [0.5, 0.6) is 0 Å². The molecule has 0 spiro atoms. The van der Waals surface area contributed by atoms with Gasteiger partial charge in [0.15, 0.2) is 0 Å². The minimum Gasteiger partial charge on any atom is -0.360 e. The Bertz CT molecular complexity index is 958. The minimum atomic E-state index is 0.654. The maximum Gasteiger partial charge on any atom is 0.136 e. The quantitative estimate of drug-likeness (QED) is 0.722. The molecule has 3 rings (SSSR count). The molecule has 5 heteroatoms. The molecule has 0 amide bonds. The fourth-order valence-electron chi connectivity index (χ4n) is 2.13. The number of hydrogen-bond donors (Lipinski definition) is 2. The zero-order valence-corrected chi connectivity index (χ0v) is 13.3. The molecule has 2 aromatic carbocycles. The number of rotatable bonds is 3. The normalized spacial score (nSPS) is 11.6. The number of aromatic nitrogens is 2. The van der Waals surface area contributed by atoms with Crippen LogP contribution in [0.25, 0.3) is 18.5 Å². The number of hydrogen-bond acceptors (Lipinski definition) is 2. The fourth-order valence-corrected chi connectivity index (χ4v) is 2.65. The molecule has 2 N–H and O–H groups in total. The summed E-state index contributed by atoms with van der Waals surface area (Å²) in [5.74, 6) is 0. The van der Waals surface area contributed by atoms with Crippen molar-refractivity contribution in [2.24, 2.45) is 0 Å². The molecule has 22 heavy (non-hydrogen) atoms. The summed E-state index contributed by atoms with van der Waals surface area (Å²) in [6, 6.07) is 17.4. The van der Waals surface area contributed by atoms with Gasteiger partial charge in [0.25, 0.3) is 0 Å². The van der Waals surface area contributed by atoms with E-state index in [9.17, 15) is 0 Å². The first-order valence-electron chi connectivity index (χ1n) is 6.73. The van der Waals surface area contributed by atoms with Crippen molar-refractivity contribution in [3.63, 3.8) is 0 Å². The van der Waals surface area contributed by atoms with Gasteiger partial charge in [0.2, 0.25) is 0 Å². The van der Waals surface area contributed by atoms with E-state index in [2.05, 4.69) is 17.0 Å². The van der Waals surface area contributed by atoms with E-state index in [1.807, 2.05) is 65.5 Å². The Balaban J connectivity index is 2.04. The first-order valence-corrected chi connectivity index (χ1v) is 7.52. The van der Waals surface area contributed by atoms with E-state index in [1.54, 1.807) is 0 Å². The number of anilines is 1. The first kappa shape index (κ1) is 14.6. The molecule has 0 saturated carbocycles. The average molecular weight is 328 g/mol. The molecule has 110 valence electrons. The van der Waals surface area contributed by atoms with Crippen molar-refractivity contribution >= 4 is 42.3 Å². The second-order valence-corrected chi connectivity index (χ2v) is 5.54. The first-order chi connectivity index (χ1) is 10.7. The molecule has 0 fully saturated rings. The maximum absolute atomic E-state index is 6.13. The SMILES string of the molecule is C=c1[nH]n(-c2ccccc2)c(=S)c1=CNc1ccccc1Cl. The second-order valence-electron chi connectivity index (χ2n) is 4.75. The zero-order chi connectivity index (χ0) is 15.5. The molecule has 0 bridgehead atoms. The monoisotopic (exact) mass is 327 g/mol. The van der Waals surface area contributed by atoms with E-state index < -0.39 is 0 Å². The highest BCUT2D eigenvalue weighted by atomic mass is 35.5. The minimum absolute atomic E-state index is 0.654. The number of halogens is 1. The van der Waals surface area contributed by atoms with Crippen LogP contribution in [-0.2, 0) is 0 Å². The molecule has 0 aliphatic heterocycles. The van der Waals surface area contributed by atoms with Gasteiger partial charge in [-0.1, -0.05) is 60.7 Å². The summed E-state index contributed by atoms with van der Waals surface area (Å²) in [6.07, 6.45) is 1.82. The molecule has 1 heterocycles. The van der Waals surface area contributed by atoms with Crippen molar-refractivity contribution in [2.45, 2.75) is 0 Å². The summed E-state index contributed by atoms with van der Waals surface area (Å²) in [5.41, 5.74) is 1.79. The third kappa shape index (κ3) is 2.84. The van der Waals surface area contributed by atoms with Crippen LogP contribution >= 0.6 is 23.8 Å². The Kier molecular flexibility index (Phi) is 4.13. The van der Waals surface area contributed by atoms with E-state index in [-0.39, 0.29) is 0 Å². The Morgan fingerprint density at radius 1 is 1.09 bits per heavy atom. The van der Waals surface area contributed by atoms with Crippen molar-refractivity contribution < 1.29 is 0 Å². The third-order valence-corrected chi connectivity index (χ3v) is 4.00. The van der Waals surface area contributed by atoms with Crippen LogP contribution in [0.3, 0.4) is 0 Å². The molecular formula is C17H14ClN3S. The van der Waals surface area contributed by atoms with Crippen LogP contribution in [-0.4, -0.2) is 9.78 Å². The predicted molar refractivity (Wildman–Crippen MR) is 95.3 cm³/mol. The van der Waals surface area contributed by atoms with Crippen molar-refractivity contribution in [3.8, 4) is 5.69 Å². The summed E-state index contributed by atoms with van der Waals surface area (Å²) in [5, 5.41) is 8.59. The highest BCUT2D eigenvalue weighted by molar-refractivity contribution is 7.71. The highest BCUT2D eigenvalue weighted by Crippen LogP contribution is 2.20.